The molecule has 0 atom stereocenters. The Morgan fingerprint density at radius 2 is 2.17 bits per heavy atom. The highest BCUT2D eigenvalue weighted by Crippen LogP contribution is 2.21. The molecule has 0 fully saturated rings. The largest absolute Gasteiger partial charge is 0.383 e. The summed E-state index contributed by atoms with van der Waals surface area (Å²) in [5.74, 6) is -0.858. The lowest BCUT2D eigenvalue weighted by Crippen LogP contribution is -2.36. The molecule has 0 aliphatic rings. The molecule has 0 N–H and O–H groups in total. The molecule has 0 radical (unpaired) electrons. The van der Waals surface area contributed by atoms with Gasteiger partial charge in [-0.25, -0.2) is 4.39 Å². The monoisotopic (exact) mass is 381 g/mol. The SMILES string of the molecule is COCCN(CCBr)C(=O)c1c(F)cccc1Br. The van der Waals surface area contributed by atoms with Gasteiger partial charge in [-0.05, 0) is 28.1 Å². The predicted molar refractivity (Wildman–Crippen MR) is 75.7 cm³/mol. The molecule has 0 bridgehead atoms. The molecule has 18 heavy (non-hydrogen) atoms. The Kier molecular flexibility index (Phi) is 6.81. The Morgan fingerprint density at radius 1 is 1.44 bits per heavy atom. The number of hydrogen-bond donors (Lipinski definition) is 0. The van der Waals surface area contributed by atoms with Crippen molar-refractivity contribution in [1.82, 2.24) is 4.90 Å². The van der Waals surface area contributed by atoms with Crippen molar-refractivity contribution in [1.29, 1.82) is 0 Å². The fourth-order valence-corrected chi connectivity index (χ4v) is 2.42. The van der Waals surface area contributed by atoms with Crippen LogP contribution in [0.1, 0.15) is 10.4 Å². The number of halogens is 3. The molecule has 3 nitrogen and oxygen atoms in total. The first kappa shape index (κ1) is 15.6. The Balaban J connectivity index is 2.94. The number of hydrogen-bond acceptors (Lipinski definition) is 2. The summed E-state index contributed by atoms with van der Waals surface area (Å²) in [6, 6.07) is 4.49. The van der Waals surface area contributed by atoms with Crippen molar-refractivity contribution >= 4 is 37.8 Å². The van der Waals surface area contributed by atoms with E-state index in [2.05, 4.69) is 31.9 Å². The Hall–Kier alpha value is -0.460. The first-order valence-corrected chi connectivity index (χ1v) is 7.31. The van der Waals surface area contributed by atoms with E-state index in [0.29, 0.717) is 29.5 Å². The second kappa shape index (κ2) is 7.86. The Labute approximate surface area is 123 Å². The van der Waals surface area contributed by atoms with E-state index in [4.69, 9.17) is 4.74 Å². The molecular weight excluding hydrogens is 369 g/mol. The topological polar surface area (TPSA) is 29.5 Å². The smallest absolute Gasteiger partial charge is 0.258 e. The van der Waals surface area contributed by atoms with Crippen molar-refractivity contribution in [3.8, 4) is 0 Å². The number of carbonyl (C=O) groups is 1. The zero-order valence-electron chi connectivity index (χ0n) is 9.96. The first-order valence-electron chi connectivity index (χ1n) is 5.40. The maximum Gasteiger partial charge on any atom is 0.258 e. The number of nitrogens with zero attached hydrogens (tertiary/aromatic N) is 1. The molecule has 0 spiro atoms. The van der Waals surface area contributed by atoms with Crippen LogP contribution in [0.4, 0.5) is 4.39 Å². The lowest BCUT2D eigenvalue weighted by molar-refractivity contribution is 0.0703. The molecule has 6 heteroatoms. The van der Waals surface area contributed by atoms with Crippen LogP contribution >= 0.6 is 31.9 Å². The van der Waals surface area contributed by atoms with Crippen LogP contribution in [0.15, 0.2) is 22.7 Å². The van der Waals surface area contributed by atoms with E-state index in [1.54, 1.807) is 24.1 Å². The highest BCUT2D eigenvalue weighted by Gasteiger charge is 2.21. The van der Waals surface area contributed by atoms with E-state index < -0.39 is 5.82 Å². The Bertz CT molecular complexity index is 395. The molecular formula is C12H14Br2FNO2. The third kappa shape index (κ3) is 4.03. The summed E-state index contributed by atoms with van der Waals surface area (Å²) in [4.78, 5) is 13.8. The molecule has 0 heterocycles. The van der Waals surface area contributed by atoms with Gasteiger partial charge in [0.25, 0.3) is 5.91 Å². The maximum absolute atomic E-state index is 13.7. The summed E-state index contributed by atoms with van der Waals surface area (Å²) in [6.45, 7) is 1.36. The van der Waals surface area contributed by atoms with Gasteiger partial charge in [0.1, 0.15) is 5.82 Å². The molecule has 0 aromatic heterocycles. The van der Waals surface area contributed by atoms with Gasteiger partial charge in [0, 0.05) is 30.0 Å². The molecule has 100 valence electrons. The molecule has 0 saturated carbocycles. The van der Waals surface area contributed by atoms with Gasteiger partial charge in [-0.2, -0.15) is 0 Å². The molecule has 1 amide bonds. The third-order valence-corrected chi connectivity index (χ3v) is 3.40. The zero-order valence-corrected chi connectivity index (χ0v) is 13.1. The lowest BCUT2D eigenvalue weighted by Gasteiger charge is -2.22. The summed E-state index contributed by atoms with van der Waals surface area (Å²) >= 11 is 6.48. The Morgan fingerprint density at radius 3 is 2.72 bits per heavy atom. The number of alkyl halides is 1. The van der Waals surface area contributed by atoms with Crippen LogP contribution in [0.3, 0.4) is 0 Å². The zero-order chi connectivity index (χ0) is 13.5. The summed E-state index contributed by atoms with van der Waals surface area (Å²) in [7, 11) is 1.57. The molecule has 1 rings (SSSR count). The van der Waals surface area contributed by atoms with Crippen LogP contribution in [0.5, 0.6) is 0 Å². The van der Waals surface area contributed by atoms with Crippen LogP contribution in [0.2, 0.25) is 0 Å². The third-order valence-electron chi connectivity index (χ3n) is 2.38. The summed E-state index contributed by atoms with van der Waals surface area (Å²) < 4.78 is 19.1. The minimum Gasteiger partial charge on any atom is -0.383 e. The standard InChI is InChI=1S/C12H14Br2FNO2/c1-18-8-7-16(6-5-13)12(17)11-9(14)3-2-4-10(11)15/h2-4H,5-8H2,1H3. The fourth-order valence-electron chi connectivity index (χ4n) is 1.48. The van der Waals surface area contributed by atoms with Crippen molar-refractivity contribution in [3.63, 3.8) is 0 Å². The van der Waals surface area contributed by atoms with Gasteiger partial charge in [-0.3, -0.25) is 4.79 Å². The number of methoxy groups -OCH3 is 1. The highest BCUT2D eigenvalue weighted by atomic mass is 79.9. The number of rotatable bonds is 6. The van der Waals surface area contributed by atoms with E-state index in [9.17, 15) is 9.18 Å². The molecule has 0 aliphatic carbocycles. The quantitative estimate of drug-likeness (QED) is 0.707. The van der Waals surface area contributed by atoms with Gasteiger partial charge in [0.15, 0.2) is 0 Å². The van der Waals surface area contributed by atoms with Crippen LogP contribution in [-0.2, 0) is 4.74 Å². The van der Waals surface area contributed by atoms with Crippen molar-refractivity contribution < 1.29 is 13.9 Å². The molecule has 0 saturated heterocycles. The first-order chi connectivity index (χ1) is 8.61. The second-order valence-electron chi connectivity index (χ2n) is 3.57. The van der Waals surface area contributed by atoms with Gasteiger partial charge >= 0.3 is 0 Å². The average molecular weight is 383 g/mol. The van der Waals surface area contributed by atoms with E-state index >= 15 is 0 Å². The van der Waals surface area contributed by atoms with Crippen LogP contribution < -0.4 is 0 Å². The van der Waals surface area contributed by atoms with Gasteiger partial charge < -0.3 is 9.64 Å². The summed E-state index contributed by atoms with van der Waals surface area (Å²) in [6.07, 6.45) is 0. The number of carbonyl (C=O) groups excluding carboxylic acids is 1. The molecule has 0 unspecified atom stereocenters. The number of benzene rings is 1. The average Bonchev–Trinajstić information content (AvgIpc) is 2.34. The maximum atomic E-state index is 13.7. The number of ether oxygens (including phenoxy) is 1. The number of amides is 1. The molecule has 1 aromatic carbocycles. The minimum absolute atomic E-state index is 0.0644. The predicted octanol–water partition coefficient (Wildman–Crippen LogP) is 3.07. The highest BCUT2D eigenvalue weighted by molar-refractivity contribution is 9.10. The fraction of sp³-hybridized carbons (Fsp3) is 0.417. The van der Waals surface area contributed by atoms with Gasteiger partial charge in [-0.1, -0.05) is 22.0 Å². The van der Waals surface area contributed by atoms with Crippen LogP contribution in [-0.4, -0.2) is 42.9 Å². The van der Waals surface area contributed by atoms with Crippen LogP contribution in [0.25, 0.3) is 0 Å². The van der Waals surface area contributed by atoms with Gasteiger partial charge in [0.05, 0.1) is 12.2 Å². The summed E-state index contributed by atoms with van der Waals surface area (Å²) in [5.41, 5.74) is 0.0644. The van der Waals surface area contributed by atoms with Gasteiger partial charge in [-0.15, -0.1) is 0 Å². The van der Waals surface area contributed by atoms with Crippen molar-refractivity contribution in [2.24, 2.45) is 0 Å². The normalized spacial score (nSPS) is 10.4. The van der Waals surface area contributed by atoms with E-state index in [1.165, 1.54) is 6.07 Å². The van der Waals surface area contributed by atoms with E-state index in [0.717, 1.165) is 0 Å². The van der Waals surface area contributed by atoms with Crippen molar-refractivity contribution in [3.05, 3.63) is 34.1 Å². The molecule has 0 aliphatic heterocycles. The van der Waals surface area contributed by atoms with Crippen molar-refractivity contribution in [2.45, 2.75) is 0 Å². The van der Waals surface area contributed by atoms with Crippen molar-refractivity contribution in [2.75, 3.05) is 32.1 Å². The minimum atomic E-state index is -0.522. The summed E-state index contributed by atoms with van der Waals surface area (Å²) in [5, 5.41) is 0.633. The second-order valence-corrected chi connectivity index (χ2v) is 5.22. The molecule has 1 aromatic rings. The lowest BCUT2D eigenvalue weighted by atomic mass is 10.2. The van der Waals surface area contributed by atoms with Gasteiger partial charge in [0.2, 0.25) is 0 Å². The van der Waals surface area contributed by atoms with Crippen LogP contribution in [0, 0.1) is 5.82 Å². The van der Waals surface area contributed by atoms with E-state index in [-0.39, 0.29) is 11.5 Å². The van der Waals surface area contributed by atoms with E-state index in [1.807, 2.05) is 0 Å².